The van der Waals surface area contributed by atoms with E-state index in [1.54, 1.807) is 47.0 Å². The van der Waals surface area contributed by atoms with Gasteiger partial charge in [-0.25, -0.2) is 13.4 Å². The van der Waals surface area contributed by atoms with Gasteiger partial charge in [-0.1, -0.05) is 18.2 Å². The molecule has 5 rings (SSSR count). The Morgan fingerprint density at radius 1 is 0.906 bits per heavy atom. The summed E-state index contributed by atoms with van der Waals surface area (Å²) in [5, 5.41) is 6.53. The Morgan fingerprint density at radius 3 is 2.34 bits per heavy atom. The van der Waals surface area contributed by atoms with Crippen molar-refractivity contribution in [2.75, 3.05) is 10.0 Å². The van der Waals surface area contributed by atoms with E-state index in [2.05, 4.69) is 15.0 Å². The second-order valence-corrected chi connectivity index (χ2v) is 10.6. The van der Waals surface area contributed by atoms with Crippen LogP contribution in [0.5, 0.6) is 0 Å². The van der Waals surface area contributed by atoms with Crippen LogP contribution in [0, 0.1) is 0 Å². The smallest absolute Gasteiger partial charge is 0.271 e. The number of rotatable bonds is 6. The van der Waals surface area contributed by atoms with Crippen molar-refractivity contribution in [1.29, 1.82) is 0 Å². The Balaban J connectivity index is 1.25. The lowest BCUT2D eigenvalue weighted by atomic mass is 10.1. The number of amides is 1. The number of imidazole rings is 1. The van der Waals surface area contributed by atoms with E-state index < -0.39 is 10.0 Å². The summed E-state index contributed by atoms with van der Waals surface area (Å²) in [7, 11) is -3.62. The summed E-state index contributed by atoms with van der Waals surface area (Å²) in [6, 6.07) is 17.0. The van der Waals surface area contributed by atoms with E-state index in [1.807, 2.05) is 46.4 Å². The third kappa shape index (κ3) is 4.15. The van der Waals surface area contributed by atoms with Gasteiger partial charge in [-0.2, -0.15) is 0 Å². The molecule has 1 amide bonds. The molecule has 0 aliphatic heterocycles. The minimum absolute atomic E-state index is 0.234. The molecule has 0 aliphatic rings. The minimum atomic E-state index is -3.62. The number of benzene rings is 2. The molecule has 3 heterocycles. The predicted molar refractivity (Wildman–Crippen MR) is 128 cm³/mol. The maximum Gasteiger partial charge on any atom is 0.271 e. The quantitative estimate of drug-likeness (QED) is 0.350. The largest absolute Gasteiger partial charge is 0.322 e. The van der Waals surface area contributed by atoms with Gasteiger partial charge in [0.15, 0.2) is 4.96 Å². The lowest BCUT2D eigenvalue weighted by Gasteiger charge is -2.08. The predicted octanol–water partition coefficient (Wildman–Crippen LogP) is 5.18. The molecule has 32 heavy (non-hydrogen) atoms. The Bertz CT molecular complexity index is 1460. The highest BCUT2D eigenvalue weighted by atomic mass is 32.2. The Morgan fingerprint density at radius 2 is 1.66 bits per heavy atom. The Labute approximate surface area is 192 Å². The normalized spacial score (nSPS) is 11.5. The molecular formula is C22H16N4O3S3. The summed E-state index contributed by atoms with van der Waals surface area (Å²) in [5.74, 6) is -0.284. The van der Waals surface area contributed by atoms with Gasteiger partial charge in [-0.05, 0) is 47.8 Å². The van der Waals surface area contributed by atoms with Crippen molar-refractivity contribution in [1.82, 2.24) is 9.38 Å². The van der Waals surface area contributed by atoms with Gasteiger partial charge >= 0.3 is 0 Å². The molecular weight excluding hydrogens is 464 g/mol. The lowest BCUT2D eigenvalue weighted by molar-refractivity contribution is 0.102. The zero-order valence-corrected chi connectivity index (χ0v) is 18.9. The van der Waals surface area contributed by atoms with Crippen molar-refractivity contribution in [3.63, 3.8) is 0 Å². The van der Waals surface area contributed by atoms with Crippen LogP contribution in [0.4, 0.5) is 11.4 Å². The van der Waals surface area contributed by atoms with Crippen LogP contribution in [0.2, 0.25) is 0 Å². The molecule has 0 saturated carbocycles. The van der Waals surface area contributed by atoms with Gasteiger partial charge in [0, 0.05) is 40.3 Å². The van der Waals surface area contributed by atoms with E-state index in [1.165, 1.54) is 6.07 Å². The summed E-state index contributed by atoms with van der Waals surface area (Å²) < 4.78 is 29.3. The highest BCUT2D eigenvalue weighted by Gasteiger charge is 2.15. The lowest BCUT2D eigenvalue weighted by Crippen LogP contribution is -2.13. The molecule has 0 aliphatic carbocycles. The highest BCUT2D eigenvalue weighted by molar-refractivity contribution is 7.94. The van der Waals surface area contributed by atoms with E-state index >= 15 is 0 Å². The minimum Gasteiger partial charge on any atom is -0.322 e. The van der Waals surface area contributed by atoms with E-state index in [-0.39, 0.29) is 10.1 Å². The number of carbonyl (C=O) groups excluding carboxylic acids is 1. The van der Waals surface area contributed by atoms with Gasteiger partial charge < -0.3 is 5.32 Å². The van der Waals surface area contributed by atoms with Crippen LogP contribution in [0.3, 0.4) is 0 Å². The van der Waals surface area contributed by atoms with Crippen molar-refractivity contribution in [2.45, 2.75) is 4.21 Å². The van der Waals surface area contributed by atoms with Crippen LogP contribution in [0.1, 0.15) is 10.4 Å². The molecule has 10 heteroatoms. The maximum atomic E-state index is 12.6. The molecule has 160 valence electrons. The van der Waals surface area contributed by atoms with Crippen LogP contribution in [0.15, 0.2) is 88.0 Å². The van der Waals surface area contributed by atoms with Crippen molar-refractivity contribution < 1.29 is 13.2 Å². The summed E-state index contributed by atoms with van der Waals surface area (Å²) in [4.78, 5) is 18.1. The van der Waals surface area contributed by atoms with E-state index in [0.717, 1.165) is 27.6 Å². The number of hydrogen-bond acceptors (Lipinski definition) is 6. The second kappa shape index (κ2) is 8.23. The number of aromatic nitrogens is 2. The van der Waals surface area contributed by atoms with E-state index in [9.17, 15) is 13.2 Å². The number of nitrogens with zero attached hydrogens (tertiary/aromatic N) is 2. The van der Waals surface area contributed by atoms with Crippen LogP contribution >= 0.6 is 22.7 Å². The number of thiazole rings is 1. The average Bonchev–Trinajstić information content (AvgIpc) is 3.52. The second-order valence-electron chi connectivity index (χ2n) is 6.87. The van der Waals surface area contributed by atoms with Crippen molar-refractivity contribution >= 4 is 54.9 Å². The number of fused-ring (bicyclic) bond motifs is 1. The Hall–Kier alpha value is -3.47. The highest BCUT2D eigenvalue weighted by Crippen LogP contribution is 2.24. The molecule has 0 unspecified atom stereocenters. The topological polar surface area (TPSA) is 92.6 Å². The van der Waals surface area contributed by atoms with Gasteiger partial charge in [0.1, 0.15) is 4.21 Å². The Kier molecular flexibility index (Phi) is 5.25. The van der Waals surface area contributed by atoms with Crippen molar-refractivity contribution in [3.05, 3.63) is 89.4 Å². The molecule has 0 bridgehead atoms. The monoisotopic (exact) mass is 480 g/mol. The van der Waals surface area contributed by atoms with Crippen LogP contribution in [-0.4, -0.2) is 23.7 Å². The zero-order valence-electron chi connectivity index (χ0n) is 16.4. The summed E-state index contributed by atoms with van der Waals surface area (Å²) in [6.45, 7) is 0. The molecule has 3 aromatic heterocycles. The molecule has 2 N–H and O–H groups in total. The van der Waals surface area contributed by atoms with Crippen LogP contribution < -0.4 is 10.0 Å². The van der Waals surface area contributed by atoms with E-state index in [4.69, 9.17) is 0 Å². The van der Waals surface area contributed by atoms with Gasteiger partial charge in [0.25, 0.3) is 15.9 Å². The van der Waals surface area contributed by atoms with Gasteiger partial charge in [0.2, 0.25) is 0 Å². The standard InChI is InChI=1S/C22H16N4O3S3/c27-21(16-5-9-18(10-6-16)25-32(28,29)20-2-1-12-30-20)23-17-7-3-15(4-8-17)19-14-26-11-13-31-22(26)24-19/h1-14,25H,(H,23,27). The summed E-state index contributed by atoms with van der Waals surface area (Å²) in [5.41, 5.74) is 3.29. The van der Waals surface area contributed by atoms with Gasteiger partial charge in [-0.15, -0.1) is 22.7 Å². The van der Waals surface area contributed by atoms with Crippen molar-refractivity contribution in [2.24, 2.45) is 0 Å². The number of anilines is 2. The first-order chi connectivity index (χ1) is 15.5. The number of sulfonamides is 1. The maximum absolute atomic E-state index is 12.6. The number of thiophene rings is 1. The molecule has 0 atom stereocenters. The number of carbonyl (C=O) groups is 1. The first-order valence-electron chi connectivity index (χ1n) is 9.48. The fourth-order valence-electron chi connectivity index (χ4n) is 3.11. The molecule has 0 saturated heterocycles. The van der Waals surface area contributed by atoms with Gasteiger partial charge in [0.05, 0.1) is 5.69 Å². The first kappa shape index (κ1) is 20.4. The molecule has 0 spiro atoms. The molecule has 0 radical (unpaired) electrons. The molecule has 0 fully saturated rings. The SMILES string of the molecule is O=C(Nc1ccc(-c2cn3ccsc3n2)cc1)c1ccc(NS(=O)(=O)c2cccs2)cc1. The summed E-state index contributed by atoms with van der Waals surface area (Å²) in [6.07, 6.45) is 3.93. The summed E-state index contributed by atoms with van der Waals surface area (Å²) >= 11 is 2.71. The number of nitrogens with one attached hydrogen (secondary N) is 2. The fraction of sp³-hybridized carbons (Fsp3) is 0. The van der Waals surface area contributed by atoms with Crippen molar-refractivity contribution in [3.8, 4) is 11.3 Å². The fourth-order valence-corrected chi connectivity index (χ4v) is 5.86. The third-order valence-electron chi connectivity index (χ3n) is 4.69. The van der Waals surface area contributed by atoms with Crippen LogP contribution in [0.25, 0.3) is 16.2 Å². The third-order valence-corrected chi connectivity index (χ3v) is 8.24. The molecule has 2 aromatic carbocycles. The zero-order chi connectivity index (χ0) is 22.1. The first-order valence-corrected chi connectivity index (χ1v) is 12.7. The average molecular weight is 481 g/mol. The van der Waals surface area contributed by atoms with E-state index in [0.29, 0.717) is 16.9 Å². The molecule has 7 nitrogen and oxygen atoms in total. The van der Waals surface area contributed by atoms with Gasteiger partial charge in [-0.3, -0.25) is 13.9 Å². The van der Waals surface area contributed by atoms with Crippen LogP contribution in [-0.2, 0) is 10.0 Å². The molecule has 5 aromatic rings. The number of hydrogen-bond donors (Lipinski definition) is 2.